The van der Waals surface area contributed by atoms with Crippen molar-refractivity contribution in [1.29, 1.82) is 0 Å². The Bertz CT molecular complexity index is 2570. The largest absolute Gasteiger partial charge is 0.455 e. The van der Waals surface area contributed by atoms with Crippen LogP contribution >= 0.6 is 0 Å². The monoisotopic (exact) mass is 626 g/mol. The molecule has 0 N–H and O–H groups in total. The topological polar surface area (TPSA) is 38.9 Å². The smallest absolute Gasteiger partial charge is 0.160 e. The maximum atomic E-state index is 6.62. The number of para-hydroxylation sites is 1. The molecule has 0 radical (unpaired) electrons. The Morgan fingerprint density at radius 3 is 1.61 bits per heavy atom. The number of fused-ring (bicyclic) bond motifs is 3. The Hall–Kier alpha value is -6.58. The molecule has 49 heavy (non-hydrogen) atoms. The van der Waals surface area contributed by atoms with Crippen molar-refractivity contribution in [2.45, 2.75) is 0 Å². The van der Waals surface area contributed by atoms with Gasteiger partial charge in [-0.05, 0) is 46.0 Å². The number of furan rings is 1. The van der Waals surface area contributed by atoms with E-state index in [2.05, 4.69) is 152 Å². The first-order valence-corrected chi connectivity index (χ1v) is 16.5. The minimum Gasteiger partial charge on any atom is -0.455 e. The summed E-state index contributed by atoms with van der Waals surface area (Å²) in [7, 11) is 0. The van der Waals surface area contributed by atoms with Crippen LogP contribution in [0.15, 0.2) is 186 Å². The molecule has 0 saturated heterocycles. The highest BCUT2D eigenvalue weighted by Crippen LogP contribution is 2.40. The molecule has 0 atom stereocenters. The molecular weight excluding hydrogens is 597 g/mol. The highest BCUT2D eigenvalue weighted by molar-refractivity contribution is 6.10. The fourth-order valence-electron chi connectivity index (χ4n) is 6.68. The second kappa shape index (κ2) is 12.2. The molecule has 2 heterocycles. The summed E-state index contributed by atoms with van der Waals surface area (Å²) in [6.07, 6.45) is 0. The van der Waals surface area contributed by atoms with Gasteiger partial charge in [-0.25, -0.2) is 9.97 Å². The van der Waals surface area contributed by atoms with Gasteiger partial charge in [0.25, 0.3) is 0 Å². The van der Waals surface area contributed by atoms with Crippen LogP contribution in [0, 0.1) is 0 Å². The fourth-order valence-corrected chi connectivity index (χ4v) is 6.68. The lowest BCUT2D eigenvalue weighted by molar-refractivity contribution is 0.670. The zero-order valence-corrected chi connectivity index (χ0v) is 26.6. The normalized spacial score (nSPS) is 11.3. The second-order valence-corrected chi connectivity index (χ2v) is 12.2. The van der Waals surface area contributed by atoms with Gasteiger partial charge in [-0.15, -0.1) is 0 Å². The molecule has 0 amide bonds. The predicted molar refractivity (Wildman–Crippen MR) is 202 cm³/mol. The first-order valence-electron chi connectivity index (χ1n) is 16.5. The van der Waals surface area contributed by atoms with E-state index in [-0.39, 0.29) is 0 Å². The highest BCUT2D eigenvalue weighted by Gasteiger charge is 2.17. The number of hydrogen-bond acceptors (Lipinski definition) is 3. The SMILES string of the molecule is c1ccc(-c2ccc(-c3cc(-c4ccccc4-c4ccc5c(c4)oc4c(-c6ccccc6)cccc45)nc(-c4ccccc4)n3)cc2)cc1. The Morgan fingerprint density at radius 2 is 0.878 bits per heavy atom. The van der Waals surface area contributed by atoms with Gasteiger partial charge >= 0.3 is 0 Å². The van der Waals surface area contributed by atoms with Gasteiger partial charge in [-0.3, -0.25) is 0 Å². The minimum atomic E-state index is 0.691. The molecule has 0 aliphatic carbocycles. The van der Waals surface area contributed by atoms with E-state index >= 15 is 0 Å². The van der Waals surface area contributed by atoms with Crippen LogP contribution in [0.5, 0.6) is 0 Å². The van der Waals surface area contributed by atoms with Crippen molar-refractivity contribution < 1.29 is 4.42 Å². The molecule has 9 rings (SSSR count). The Morgan fingerprint density at radius 1 is 0.327 bits per heavy atom. The maximum absolute atomic E-state index is 6.62. The summed E-state index contributed by atoms with van der Waals surface area (Å²) in [5, 5.41) is 2.21. The summed E-state index contributed by atoms with van der Waals surface area (Å²) in [5.74, 6) is 0.691. The predicted octanol–water partition coefficient (Wildman–Crippen LogP) is 12.4. The van der Waals surface area contributed by atoms with Gasteiger partial charge in [0.05, 0.1) is 11.4 Å². The maximum Gasteiger partial charge on any atom is 0.160 e. The van der Waals surface area contributed by atoms with E-state index in [1.54, 1.807) is 0 Å². The van der Waals surface area contributed by atoms with Crippen molar-refractivity contribution in [2.24, 2.45) is 0 Å². The van der Waals surface area contributed by atoms with Gasteiger partial charge < -0.3 is 4.42 Å². The first-order chi connectivity index (χ1) is 24.3. The van der Waals surface area contributed by atoms with E-state index in [0.717, 1.165) is 72.3 Å². The van der Waals surface area contributed by atoms with Crippen molar-refractivity contribution in [3.05, 3.63) is 182 Å². The van der Waals surface area contributed by atoms with Gasteiger partial charge in [-0.1, -0.05) is 164 Å². The number of rotatable bonds is 6. The molecule has 0 aliphatic rings. The number of aromatic nitrogens is 2. The van der Waals surface area contributed by atoms with Gasteiger partial charge in [0.2, 0.25) is 0 Å². The van der Waals surface area contributed by atoms with Gasteiger partial charge in [0, 0.05) is 33.0 Å². The lowest BCUT2D eigenvalue weighted by Crippen LogP contribution is -1.97. The van der Waals surface area contributed by atoms with Gasteiger partial charge in [0.15, 0.2) is 5.82 Å². The summed E-state index contributed by atoms with van der Waals surface area (Å²) in [5.41, 5.74) is 13.3. The molecule has 7 aromatic carbocycles. The molecular formula is C46H30N2O. The third-order valence-corrected chi connectivity index (χ3v) is 9.14. The van der Waals surface area contributed by atoms with Crippen molar-refractivity contribution in [3.8, 4) is 67.3 Å². The third-order valence-electron chi connectivity index (χ3n) is 9.14. The van der Waals surface area contributed by atoms with E-state index in [9.17, 15) is 0 Å². The summed E-state index contributed by atoms with van der Waals surface area (Å²) >= 11 is 0. The number of hydrogen-bond donors (Lipinski definition) is 0. The molecule has 0 bridgehead atoms. The Kier molecular flexibility index (Phi) is 7.14. The van der Waals surface area contributed by atoms with Crippen LogP contribution in [0.3, 0.4) is 0 Å². The molecule has 0 spiro atoms. The molecule has 3 nitrogen and oxygen atoms in total. The zero-order chi connectivity index (χ0) is 32.6. The molecule has 230 valence electrons. The lowest BCUT2D eigenvalue weighted by Gasteiger charge is -2.13. The Labute approximate surface area is 284 Å². The first kappa shape index (κ1) is 28.6. The summed E-state index contributed by atoms with van der Waals surface area (Å²) in [6, 6.07) is 63.1. The number of benzene rings is 7. The van der Waals surface area contributed by atoms with Crippen LogP contribution in [-0.2, 0) is 0 Å². The lowest BCUT2D eigenvalue weighted by atomic mass is 9.95. The second-order valence-electron chi connectivity index (χ2n) is 12.2. The molecule has 0 saturated carbocycles. The zero-order valence-electron chi connectivity index (χ0n) is 26.6. The number of nitrogens with zero attached hydrogens (tertiary/aromatic N) is 2. The average Bonchev–Trinajstić information content (AvgIpc) is 3.57. The standard InChI is InChI=1S/C46H30N2O/c1-4-13-31(14-5-1)32-23-25-34(26-24-32)42-30-43(48-46(47-42)35-17-8-3-9-18-35)39-20-11-10-19-37(39)36-27-28-40-41-22-12-21-38(33-15-6-2-7-16-33)45(41)49-44(40)29-36/h1-30H. The fraction of sp³-hybridized carbons (Fsp3) is 0. The summed E-state index contributed by atoms with van der Waals surface area (Å²) < 4.78 is 6.62. The van der Waals surface area contributed by atoms with Crippen LogP contribution < -0.4 is 0 Å². The minimum absolute atomic E-state index is 0.691. The molecule has 0 unspecified atom stereocenters. The quantitative estimate of drug-likeness (QED) is 0.184. The average molecular weight is 627 g/mol. The van der Waals surface area contributed by atoms with Crippen LogP contribution in [0.25, 0.3) is 89.2 Å². The van der Waals surface area contributed by atoms with Gasteiger partial charge in [0.1, 0.15) is 11.2 Å². The molecule has 3 heteroatoms. The van der Waals surface area contributed by atoms with E-state index in [0.29, 0.717) is 5.82 Å². The molecule has 0 fully saturated rings. The van der Waals surface area contributed by atoms with Crippen molar-refractivity contribution in [1.82, 2.24) is 9.97 Å². The van der Waals surface area contributed by atoms with Crippen LogP contribution in [-0.4, -0.2) is 9.97 Å². The molecule has 0 aliphatic heterocycles. The van der Waals surface area contributed by atoms with E-state index in [1.807, 2.05) is 30.3 Å². The van der Waals surface area contributed by atoms with E-state index < -0.39 is 0 Å². The van der Waals surface area contributed by atoms with Crippen LogP contribution in [0.1, 0.15) is 0 Å². The van der Waals surface area contributed by atoms with E-state index in [4.69, 9.17) is 14.4 Å². The van der Waals surface area contributed by atoms with Crippen molar-refractivity contribution in [3.63, 3.8) is 0 Å². The van der Waals surface area contributed by atoms with Crippen LogP contribution in [0.4, 0.5) is 0 Å². The van der Waals surface area contributed by atoms with Crippen molar-refractivity contribution in [2.75, 3.05) is 0 Å². The third kappa shape index (κ3) is 5.38. The summed E-state index contributed by atoms with van der Waals surface area (Å²) in [6.45, 7) is 0. The van der Waals surface area contributed by atoms with Crippen LogP contribution in [0.2, 0.25) is 0 Å². The highest BCUT2D eigenvalue weighted by atomic mass is 16.3. The molecule has 2 aromatic heterocycles. The summed E-state index contributed by atoms with van der Waals surface area (Å²) in [4.78, 5) is 10.2. The molecule has 9 aromatic rings. The van der Waals surface area contributed by atoms with Crippen molar-refractivity contribution >= 4 is 21.9 Å². The Balaban J connectivity index is 1.17. The van der Waals surface area contributed by atoms with E-state index in [1.165, 1.54) is 11.1 Å². The van der Waals surface area contributed by atoms with Gasteiger partial charge in [-0.2, -0.15) is 0 Å².